The van der Waals surface area contributed by atoms with Crippen LogP contribution in [0.25, 0.3) is 0 Å². The van der Waals surface area contributed by atoms with Crippen molar-refractivity contribution in [3.8, 4) is 0 Å². The maximum Gasteiger partial charge on any atom is 0.410 e. The van der Waals surface area contributed by atoms with Gasteiger partial charge in [-0.05, 0) is 56.5 Å². The number of sulfonamides is 1. The number of aliphatic hydroxyl groups is 10. The number of carbonyl (C=O) groups is 1. The molecule has 2 aromatic carbocycles. The standard InChI is InChI=1S/C30H43N3O17S/c1-4-14-47-22(16-33(17-24(2,3)35)51(45,46)20-12-10-19(31)11-13-20)21(15-18-8-6-5-7-9-18)32-23(34)48-27(39)25(36)26(37,38)28(40,41)49-30(25,44)50-29(27,42)43/h5-13,21-22,35-44H,4,14-17,31H2,1-3H3,(H,32,34). The van der Waals surface area contributed by atoms with Gasteiger partial charge in [0, 0.05) is 25.4 Å². The number of anilines is 1. The Kier molecular flexibility index (Phi) is 10.9. The number of ether oxygens (including phenoxy) is 4. The van der Waals surface area contributed by atoms with Crippen LogP contribution in [0, 0.1) is 0 Å². The van der Waals surface area contributed by atoms with Crippen molar-refractivity contribution >= 4 is 21.8 Å². The Labute approximate surface area is 291 Å². The van der Waals surface area contributed by atoms with Crippen LogP contribution in [0.5, 0.6) is 0 Å². The van der Waals surface area contributed by atoms with E-state index >= 15 is 0 Å². The van der Waals surface area contributed by atoms with E-state index in [4.69, 9.17) is 15.2 Å². The minimum atomic E-state index is -4.67. The molecule has 0 radical (unpaired) electrons. The highest BCUT2D eigenvalue weighted by Gasteiger charge is 2.98. The summed E-state index contributed by atoms with van der Waals surface area (Å²) >= 11 is 0. The molecule has 0 bridgehead atoms. The Morgan fingerprint density at radius 2 is 1.51 bits per heavy atom. The molecule has 2 heterocycles. The topological polar surface area (TPSA) is 332 Å². The highest BCUT2D eigenvalue weighted by molar-refractivity contribution is 7.89. The van der Waals surface area contributed by atoms with Crippen LogP contribution in [0.3, 0.4) is 0 Å². The lowest BCUT2D eigenvalue weighted by molar-refractivity contribution is -0.530. The number of rotatable bonds is 14. The first-order chi connectivity index (χ1) is 23.3. The number of amides is 1. The van der Waals surface area contributed by atoms with Crippen LogP contribution >= 0.6 is 0 Å². The maximum atomic E-state index is 13.9. The number of nitrogens with zero attached hydrogens (tertiary/aromatic N) is 1. The van der Waals surface area contributed by atoms with Crippen molar-refractivity contribution in [3.63, 3.8) is 0 Å². The Morgan fingerprint density at radius 3 is 2.06 bits per heavy atom. The van der Waals surface area contributed by atoms with Crippen molar-refractivity contribution in [2.24, 2.45) is 0 Å². The molecule has 0 spiro atoms. The Hall–Kier alpha value is -3.10. The fraction of sp³-hybridized carbons (Fsp3) is 0.567. The number of benzene rings is 2. The maximum absolute atomic E-state index is 13.9. The summed E-state index contributed by atoms with van der Waals surface area (Å²) < 4.78 is 47.7. The van der Waals surface area contributed by atoms with Crippen molar-refractivity contribution < 1.29 is 83.2 Å². The molecular formula is C30H43N3O17S. The molecule has 2 aliphatic heterocycles. The fourth-order valence-electron chi connectivity index (χ4n) is 5.67. The number of hydrogen-bond acceptors (Lipinski definition) is 18. The molecule has 1 amide bonds. The first-order valence-corrected chi connectivity index (χ1v) is 16.9. The molecule has 13 N–H and O–H groups in total. The van der Waals surface area contributed by atoms with E-state index in [1.807, 2.05) is 0 Å². The van der Waals surface area contributed by atoms with Gasteiger partial charge in [0.25, 0.3) is 11.4 Å². The largest absolute Gasteiger partial charge is 0.410 e. The van der Waals surface area contributed by atoms with Crippen LogP contribution in [0.4, 0.5) is 10.5 Å². The second-order valence-electron chi connectivity index (χ2n) is 12.9. The minimum absolute atomic E-state index is 0.0180. The van der Waals surface area contributed by atoms with E-state index in [-0.39, 0.29) is 23.6 Å². The van der Waals surface area contributed by atoms with Gasteiger partial charge in [-0.3, -0.25) is 9.47 Å². The first-order valence-electron chi connectivity index (χ1n) is 15.4. The average molecular weight is 750 g/mol. The van der Waals surface area contributed by atoms with Gasteiger partial charge in [0.15, 0.2) is 0 Å². The van der Waals surface area contributed by atoms with Crippen LogP contribution in [-0.2, 0) is 35.4 Å². The molecule has 4 rings (SSSR count). The SMILES string of the molecule is CCCOC(CN(CC(C)(C)O)S(=O)(=O)c1ccc(N)cc1)C(Cc1ccccc1)NC(=O)OC1(O)C(O)(O)OC2(O)OC(O)(O)C(O)(O)C21O. The Balaban J connectivity index is 1.75. The predicted octanol–water partition coefficient (Wildman–Crippen LogP) is -3.75. The number of fused-ring (bicyclic) bond motifs is 1. The quantitative estimate of drug-likeness (QED) is 0.0652. The van der Waals surface area contributed by atoms with Crippen molar-refractivity contribution in [1.29, 1.82) is 0 Å². The van der Waals surface area contributed by atoms with Gasteiger partial charge in [0.05, 0.1) is 22.6 Å². The van der Waals surface area contributed by atoms with E-state index in [1.165, 1.54) is 38.1 Å². The van der Waals surface area contributed by atoms with Crippen molar-refractivity contribution in [2.75, 3.05) is 25.4 Å². The number of hydrogen-bond donors (Lipinski definition) is 12. The molecule has 286 valence electrons. The summed E-state index contributed by atoms with van der Waals surface area (Å²) in [5, 5.41) is 107. The van der Waals surface area contributed by atoms with Crippen LogP contribution in [0.1, 0.15) is 32.8 Å². The van der Waals surface area contributed by atoms with E-state index in [2.05, 4.69) is 14.8 Å². The number of nitrogen functional groups attached to an aromatic ring is 1. The van der Waals surface area contributed by atoms with Gasteiger partial charge in [-0.1, -0.05) is 37.3 Å². The lowest BCUT2D eigenvalue weighted by Gasteiger charge is -2.43. The highest BCUT2D eigenvalue weighted by Crippen LogP contribution is 2.61. The first kappa shape index (κ1) is 40.7. The van der Waals surface area contributed by atoms with Gasteiger partial charge in [-0.15, -0.1) is 0 Å². The average Bonchev–Trinajstić information content (AvgIpc) is 3.19. The molecule has 2 fully saturated rings. The van der Waals surface area contributed by atoms with Crippen LogP contribution in [0.15, 0.2) is 59.5 Å². The van der Waals surface area contributed by atoms with Crippen molar-refractivity contribution in [1.82, 2.24) is 9.62 Å². The summed E-state index contributed by atoms with van der Waals surface area (Å²) in [6, 6.07) is 12.0. The highest BCUT2D eigenvalue weighted by atomic mass is 32.2. The predicted molar refractivity (Wildman–Crippen MR) is 168 cm³/mol. The molecule has 0 aliphatic carbocycles. The van der Waals surface area contributed by atoms with Crippen molar-refractivity contribution in [3.05, 3.63) is 60.2 Å². The second kappa shape index (κ2) is 13.7. The third kappa shape index (κ3) is 7.29. The molecule has 0 aromatic heterocycles. The van der Waals surface area contributed by atoms with Crippen molar-refractivity contribution in [2.45, 2.75) is 91.3 Å². The summed E-state index contributed by atoms with van der Waals surface area (Å²) in [5.74, 6) is -22.3. The van der Waals surface area contributed by atoms with Gasteiger partial charge in [0.2, 0.25) is 10.0 Å². The van der Waals surface area contributed by atoms with E-state index in [0.717, 1.165) is 4.31 Å². The van der Waals surface area contributed by atoms with Crippen LogP contribution in [0.2, 0.25) is 0 Å². The minimum Gasteiger partial charge on any atom is -0.404 e. The molecule has 5 atom stereocenters. The van der Waals surface area contributed by atoms with E-state index in [0.29, 0.717) is 12.0 Å². The molecule has 20 nitrogen and oxygen atoms in total. The third-order valence-corrected chi connectivity index (χ3v) is 10.0. The zero-order valence-corrected chi connectivity index (χ0v) is 28.5. The van der Waals surface area contributed by atoms with E-state index < -0.39 is 82.0 Å². The molecule has 21 heteroatoms. The summed E-state index contributed by atoms with van der Waals surface area (Å²) in [7, 11) is -4.41. The Morgan fingerprint density at radius 1 is 0.941 bits per heavy atom. The lowest BCUT2D eigenvalue weighted by Crippen LogP contribution is -2.78. The van der Waals surface area contributed by atoms with Crippen LogP contribution < -0.4 is 11.1 Å². The van der Waals surface area contributed by atoms with E-state index in [1.54, 1.807) is 37.3 Å². The zero-order valence-electron chi connectivity index (χ0n) is 27.6. The van der Waals surface area contributed by atoms with Gasteiger partial charge >= 0.3 is 29.8 Å². The zero-order chi connectivity index (χ0) is 38.5. The second-order valence-corrected chi connectivity index (χ2v) is 14.9. The van der Waals surface area contributed by atoms with Gasteiger partial charge < -0.3 is 71.6 Å². The molecule has 5 unspecified atom stereocenters. The monoisotopic (exact) mass is 749 g/mol. The summed E-state index contributed by atoms with van der Waals surface area (Å²) in [4.78, 5) is 13.3. The lowest BCUT2D eigenvalue weighted by atomic mass is 9.83. The normalized spacial score (nSPS) is 27.9. The van der Waals surface area contributed by atoms with Crippen LogP contribution in [-0.4, -0.2) is 142 Å². The summed E-state index contributed by atoms with van der Waals surface area (Å²) in [6.07, 6.45) is -3.05. The molecule has 2 saturated heterocycles. The smallest absolute Gasteiger partial charge is 0.404 e. The molecule has 0 saturated carbocycles. The van der Waals surface area contributed by atoms with E-state index in [9.17, 15) is 64.3 Å². The third-order valence-electron chi connectivity index (χ3n) is 8.20. The fourth-order valence-corrected chi connectivity index (χ4v) is 7.28. The number of alkyl carbamates (subject to hydrolysis) is 1. The number of nitrogens with one attached hydrogen (secondary N) is 1. The van der Waals surface area contributed by atoms with Gasteiger partial charge in [0.1, 0.15) is 0 Å². The number of nitrogens with two attached hydrogens (primary N) is 1. The molecule has 51 heavy (non-hydrogen) atoms. The molecule has 2 aliphatic rings. The summed E-state index contributed by atoms with van der Waals surface area (Å²) in [6.45, 7) is 3.37. The van der Waals surface area contributed by atoms with Gasteiger partial charge in [-0.2, -0.15) is 4.31 Å². The summed E-state index contributed by atoms with van der Waals surface area (Å²) in [5.41, 5.74) is 0.326. The molecule has 2 aromatic rings. The Bertz CT molecular complexity index is 1650. The molecular weight excluding hydrogens is 706 g/mol. The van der Waals surface area contributed by atoms with Gasteiger partial charge in [-0.25, -0.2) is 13.2 Å². The number of carbonyl (C=O) groups excluding carboxylic acids is 1.